The van der Waals surface area contributed by atoms with E-state index >= 15 is 0 Å². The number of phenolic OH excluding ortho intramolecular Hbond substituents is 1. The molecule has 0 saturated heterocycles. The Balaban J connectivity index is 1.99. The van der Waals surface area contributed by atoms with Crippen molar-refractivity contribution in [2.24, 2.45) is 17.6 Å². The van der Waals surface area contributed by atoms with Crippen LogP contribution in [0.15, 0.2) is 29.0 Å². The fourth-order valence-electron chi connectivity index (χ4n) is 5.65. The summed E-state index contributed by atoms with van der Waals surface area (Å²) in [5.41, 5.74) is 3.15. The highest BCUT2D eigenvalue weighted by Gasteiger charge is 2.64. The van der Waals surface area contributed by atoms with Crippen molar-refractivity contribution in [2.75, 3.05) is 33.1 Å². The molecule has 0 heterocycles. The van der Waals surface area contributed by atoms with Gasteiger partial charge in [-0.25, -0.2) is 0 Å². The molecule has 3 aliphatic rings. The average molecular weight is 457 g/mol. The summed E-state index contributed by atoms with van der Waals surface area (Å²) in [6, 6.07) is 2.01. The number of aliphatic hydroxyl groups is 3. The lowest BCUT2D eigenvalue weighted by Gasteiger charge is -2.50. The Morgan fingerprint density at radius 1 is 1.12 bits per heavy atom. The number of carbonyl (C=O) groups is 3. The van der Waals surface area contributed by atoms with E-state index in [2.05, 4.69) is 0 Å². The van der Waals surface area contributed by atoms with Gasteiger partial charge in [-0.15, -0.1) is 0 Å². The lowest BCUT2D eigenvalue weighted by molar-refractivity contribution is -0.153. The molecule has 0 bridgehead atoms. The monoisotopic (exact) mass is 457 g/mol. The van der Waals surface area contributed by atoms with Gasteiger partial charge in [0.2, 0.25) is 5.78 Å². The summed E-state index contributed by atoms with van der Waals surface area (Å²) in [6.07, 6.45) is 0.324. The van der Waals surface area contributed by atoms with Crippen LogP contribution in [0.25, 0.3) is 5.76 Å². The first kappa shape index (κ1) is 22.8. The zero-order valence-electron chi connectivity index (χ0n) is 18.8. The number of likely N-dealkylation sites (N-methyl/N-ethyl adjacent to an activating group) is 1. The minimum Gasteiger partial charge on any atom is -0.508 e. The SMILES string of the molecule is CN(C)c1ccc(O)c2c1CC1C[C@H]3C(N(C)C)C(=O)C(C(N)=O)=C(O)C3(O)C(=O)C1=C2O. The molecule has 1 aromatic carbocycles. The fourth-order valence-corrected chi connectivity index (χ4v) is 5.65. The van der Waals surface area contributed by atoms with E-state index in [9.17, 15) is 34.8 Å². The molecule has 4 rings (SSSR count). The van der Waals surface area contributed by atoms with Gasteiger partial charge in [-0.2, -0.15) is 0 Å². The van der Waals surface area contributed by atoms with Gasteiger partial charge in [0.25, 0.3) is 5.91 Å². The Kier molecular flexibility index (Phi) is 5.06. The van der Waals surface area contributed by atoms with Crippen LogP contribution < -0.4 is 10.6 Å². The number of aromatic hydroxyl groups is 1. The Labute approximate surface area is 190 Å². The summed E-state index contributed by atoms with van der Waals surface area (Å²) in [7, 11) is 6.75. The van der Waals surface area contributed by atoms with Crippen molar-refractivity contribution in [1.82, 2.24) is 4.90 Å². The molecule has 4 atom stereocenters. The van der Waals surface area contributed by atoms with Crippen molar-refractivity contribution in [3.05, 3.63) is 40.2 Å². The number of hydrogen-bond donors (Lipinski definition) is 5. The Hall–Kier alpha value is -3.37. The maximum atomic E-state index is 13.7. The summed E-state index contributed by atoms with van der Waals surface area (Å²) < 4.78 is 0. The average Bonchev–Trinajstić information content (AvgIpc) is 2.70. The smallest absolute Gasteiger partial charge is 0.255 e. The zero-order valence-corrected chi connectivity index (χ0v) is 18.8. The number of phenols is 1. The summed E-state index contributed by atoms with van der Waals surface area (Å²) in [5.74, 6) is -6.54. The minimum atomic E-state index is -2.63. The zero-order chi connectivity index (χ0) is 24.6. The summed E-state index contributed by atoms with van der Waals surface area (Å²) in [4.78, 5) is 42.0. The number of hydrogen-bond acceptors (Lipinski definition) is 9. The van der Waals surface area contributed by atoms with Crippen molar-refractivity contribution < 1.29 is 34.8 Å². The number of benzene rings is 1. The molecular formula is C23H27N3O7. The maximum Gasteiger partial charge on any atom is 0.255 e. The third kappa shape index (κ3) is 2.90. The number of fused-ring (bicyclic) bond motifs is 3. The predicted octanol–water partition coefficient (Wildman–Crippen LogP) is 0.0300. The molecule has 3 aliphatic carbocycles. The Morgan fingerprint density at radius 3 is 2.30 bits per heavy atom. The second-order valence-corrected chi connectivity index (χ2v) is 9.31. The van der Waals surface area contributed by atoms with Crippen LogP contribution >= 0.6 is 0 Å². The van der Waals surface area contributed by atoms with E-state index in [1.54, 1.807) is 20.2 Å². The molecule has 0 radical (unpaired) electrons. The van der Waals surface area contributed by atoms with Gasteiger partial charge in [0, 0.05) is 31.3 Å². The van der Waals surface area contributed by atoms with E-state index in [1.165, 1.54) is 11.0 Å². The van der Waals surface area contributed by atoms with E-state index in [0.717, 1.165) is 5.69 Å². The van der Waals surface area contributed by atoms with Gasteiger partial charge < -0.3 is 31.1 Å². The number of ketones is 2. The van der Waals surface area contributed by atoms with Gasteiger partial charge in [-0.1, -0.05) is 0 Å². The van der Waals surface area contributed by atoms with Crippen LogP contribution in [0.2, 0.25) is 0 Å². The normalized spacial score (nSPS) is 29.1. The van der Waals surface area contributed by atoms with Crippen LogP contribution in [0.3, 0.4) is 0 Å². The number of nitrogens with two attached hydrogens (primary N) is 1. The van der Waals surface area contributed by atoms with Crippen LogP contribution in [0, 0.1) is 11.8 Å². The number of amides is 1. The first-order valence-corrected chi connectivity index (χ1v) is 10.5. The second-order valence-electron chi connectivity index (χ2n) is 9.31. The van der Waals surface area contributed by atoms with E-state index < -0.39 is 58.0 Å². The highest BCUT2D eigenvalue weighted by Crippen LogP contribution is 2.53. The molecule has 1 aromatic rings. The van der Waals surface area contributed by atoms with Gasteiger partial charge in [0.15, 0.2) is 11.4 Å². The van der Waals surface area contributed by atoms with Crippen molar-refractivity contribution >= 4 is 28.9 Å². The van der Waals surface area contributed by atoms with E-state index in [4.69, 9.17) is 5.73 Å². The largest absolute Gasteiger partial charge is 0.508 e. The highest BCUT2D eigenvalue weighted by molar-refractivity contribution is 6.24. The Morgan fingerprint density at radius 2 is 1.76 bits per heavy atom. The molecule has 6 N–H and O–H groups in total. The topological polar surface area (TPSA) is 165 Å². The van der Waals surface area contributed by atoms with Crippen molar-refractivity contribution in [2.45, 2.75) is 24.5 Å². The van der Waals surface area contributed by atoms with Gasteiger partial charge >= 0.3 is 0 Å². The van der Waals surface area contributed by atoms with Gasteiger partial charge in [0.05, 0.1) is 11.6 Å². The Bertz CT molecular complexity index is 1170. The predicted molar refractivity (Wildman–Crippen MR) is 119 cm³/mol. The molecule has 0 aromatic heterocycles. The van der Waals surface area contributed by atoms with Gasteiger partial charge in [-0.05, 0) is 50.6 Å². The maximum absolute atomic E-state index is 13.7. The number of nitrogens with zero attached hydrogens (tertiary/aromatic N) is 2. The molecule has 33 heavy (non-hydrogen) atoms. The minimum absolute atomic E-state index is 0.0638. The fraction of sp³-hybridized carbons (Fsp3) is 0.435. The molecular weight excluding hydrogens is 430 g/mol. The molecule has 0 aliphatic heterocycles. The first-order chi connectivity index (χ1) is 15.3. The third-order valence-electron chi connectivity index (χ3n) is 7.06. The van der Waals surface area contributed by atoms with E-state index in [0.29, 0.717) is 5.56 Å². The van der Waals surface area contributed by atoms with Gasteiger partial charge in [0.1, 0.15) is 22.8 Å². The quantitative estimate of drug-likeness (QED) is 0.394. The van der Waals surface area contributed by atoms with Crippen LogP contribution in [-0.2, 0) is 20.8 Å². The molecule has 1 saturated carbocycles. The number of primary amides is 1. The molecule has 10 nitrogen and oxygen atoms in total. The number of Topliss-reactive ketones (excluding diaryl/α,β-unsaturated/α-hetero) is 2. The summed E-state index contributed by atoms with van der Waals surface area (Å²) in [6.45, 7) is 0. The van der Waals surface area contributed by atoms with Crippen LogP contribution in [0.1, 0.15) is 17.5 Å². The summed E-state index contributed by atoms with van der Waals surface area (Å²) >= 11 is 0. The van der Waals surface area contributed by atoms with Crippen molar-refractivity contribution in [3.8, 4) is 5.75 Å². The standard InChI is InChI=1S/C23H27N3O7/c1-25(2)12-5-6-13(27)15-10(12)7-9-8-11-17(26(3)4)19(29)16(22(24)32)21(31)23(11,33)20(30)14(9)18(15)28/h5-6,9,11,17,27-28,31,33H,7-8H2,1-4H3,(H2,24,32)/t9?,11-,17?,23?/m0/s1. The van der Waals surface area contributed by atoms with Crippen LogP contribution in [0.5, 0.6) is 5.75 Å². The number of rotatable bonds is 3. The van der Waals surface area contributed by atoms with E-state index in [-0.39, 0.29) is 29.7 Å². The lowest BCUT2D eigenvalue weighted by atomic mass is 9.57. The lowest BCUT2D eigenvalue weighted by Crippen LogP contribution is -2.65. The molecule has 1 amide bonds. The highest BCUT2D eigenvalue weighted by atomic mass is 16.3. The number of anilines is 1. The molecule has 176 valence electrons. The molecule has 1 fully saturated rings. The molecule has 0 spiro atoms. The van der Waals surface area contributed by atoms with Crippen LogP contribution in [0.4, 0.5) is 5.69 Å². The number of carbonyl (C=O) groups excluding carboxylic acids is 3. The van der Waals surface area contributed by atoms with Crippen molar-refractivity contribution in [3.63, 3.8) is 0 Å². The first-order valence-electron chi connectivity index (χ1n) is 10.5. The van der Waals surface area contributed by atoms with Gasteiger partial charge in [-0.3, -0.25) is 19.3 Å². The second kappa shape index (κ2) is 7.32. The van der Waals surface area contributed by atoms with E-state index in [1.807, 2.05) is 19.0 Å². The summed E-state index contributed by atoms with van der Waals surface area (Å²) in [5, 5.41) is 43.9. The molecule has 3 unspecified atom stereocenters. The molecule has 10 heteroatoms. The van der Waals surface area contributed by atoms with Crippen LogP contribution in [-0.4, -0.2) is 82.6 Å². The third-order valence-corrected chi connectivity index (χ3v) is 7.06. The number of aliphatic hydroxyl groups excluding tert-OH is 2. The van der Waals surface area contributed by atoms with Crippen molar-refractivity contribution in [1.29, 1.82) is 0 Å².